The van der Waals surface area contributed by atoms with E-state index in [9.17, 15) is 13.2 Å². The molecule has 0 saturated carbocycles. The second-order valence-corrected chi connectivity index (χ2v) is 9.94. The van der Waals surface area contributed by atoms with Crippen LogP contribution in [0, 0.1) is 0 Å². The van der Waals surface area contributed by atoms with Gasteiger partial charge in [-0.25, -0.2) is 8.42 Å². The first kappa shape index (κ1) is 21.6. The molecule has 0 bridgehead atoms. The van der Waals surface area contributed by atoms with Gasteiger partial charge in [-0.15, -0.1) is 0 Å². The Morgan fingerprint density at radius 1 is 1.19 bits per heavy atom. The van der Waals surface area contributed by atoms with Gasteiger partial charge in [0, 0.05) is 37.4 Å². The molecule has 1 amide bonds. The van der Waals surface area contributed by atoms with Crippen LogP contribution in [-0.2, 0) is 21.3 Å². The Balaban J connectivity index is 1.61. The summed E-state index contributed by atoms with van der Waals surface area (Å²) in [5.41, 5.74) is 1.92. The molecule has 2 aliphatic heterocycles. The summed E-state index contributed by atoms with van der Waals surface area (Å²) in [5.74, 6) is 0.716. The van der Waals surface area contributed by atoms with Gasteiger partial charge in [-0.05, 0) is 43.5 Å². The minimum absolute atomic E-state index is 0.000740. The highest BCUT2D eigenvalue weighted by Gasteiger charge is 2.30. The SMILES string of the molecule is COc1ccccc1CN(C[C@H]1CCCO1)C(=O)c1cccc(N2CCCS2(=O)=O)c1. The lowest BCUT2D eigenvalue weighted by Crippen LogP contribution is -2.37. The van der Waals surface area contributed by atoms with Crippen LogP contribution >= 0.6 is 0 Å². The van der Waals surface area contributed by atoms with Crippen LogP contribution in [0.4, 0.5) is 5.69 Å². The number of sulfonamides is 1. The molecule has 2 aromatic carbocycles. The van der Waals surface area contributed by atoms with Gasteiger partial charge < -0.3 is 14.4 Å². The zero-order valence-electron chi connectivity index (χ0n) is 17.7. The fourth-order valence-corrected chi connectivity index (χ4v) is 5.76. The third-order valence-electron chi connectivity index (χ3n) is 5.77. The molecule has 0 spiro atoms. The van der Waals surface area contributed by atoms with E-state index >= 15 is 0 Å². The Hall–Kier alpha value is -2.58. The van der Waals surface area contributed by atoms with E-state index in [1.807, 2.05) is 24.3 Å². The normalized spacial score (nSPS) is 20.0. The molecule has 0 unspecified atom stereocenters. The molecular formula is C23H28N2O5S. The van der Waals surface area contributed by atoms with Gasteiger partial charge >= 0.3 is 0 Å². The topological polar surface area (TPSA) is 76.2 Å². The molecule has 0 aliphatic carbocycles. The molecule has 2 saturated heterocycles. The lowest BCUT2D eigenvalue weighted by Gasteiger charge is -2.27. The zero-order valence-corrected chi connectivity index (χ0v) is 18.5. The number of hydrogen-bond acceptors (Lipinski definition) is 5. The Morgan fingerprint density at radius 3 is 2.74 bits per heavy atom. The predicted octanol–water partition coefficient (Wildman–Crippen LogP) is 3.06. The van der Waals surface area contributed by atoms with E-state index in [1.165, 1.54) is 4.31 Å². The van der Waals surface area contributed by atoms with Gasteiger partial charge in [0.15, 0.2) is 0 Å². The van der Waals surface area contributed by atoms with Crippen LogP contribution in [0.2, 0.25) is 0 Å². The molecule has 8 heteroatoms. The van der Waals surface area contributed by atoms with Crippen molar-refractivity contribution < 1.29 is 22.7 Å². The predicted molar refractivity (Wildman–Crippen MR) is 119 cm³/mol. The number of methoxy groups -OCH3 is 1. The number of anilines is 1. The van der Waals surface area contributed by atoms with Crippen molar-refractivity contribution in [3.8, 4) is 5.75 Å². The molecule has 2 aromatic rings. The maximum Gasteiger partial charge on any atom is 0.254 e. The molecule has 0 aromatic heterocycles. The van der Waals surface area contributed by atoms with Crippen LogP contribution in [0.1, 0.15) is 35.2 Å². The van der Waals surface area contributed by atoms with Crippen LogP contribution in [0.15, 0.2) is 48.5 Å². The van der Waals surface area contributed by atoms with Crippen molar-refractivity contribution in [3.63, 3.8) is 0 Å². The monoisotopic (exact) mass is 444 g/mol. The lowest BCUT2D eigenvalue weighted by molar-refractivity contribution is 0.0505. The maximum absolute atomic E-state index is 13.5. The Morgan fingerprint density at radius 2 is 2.03 bits per heavy atom. The second kappa shape index (κ2) is 9.28. The molecule has 166 valence electrons. The largest absolute Gasteiger partial charge is 0.496 e. The van der Waals surface area contributed by atoms with Crippen LogP contribution < -0.4 is 9.04 Å². The summed E-state index contributed by atoms with van der Waals surface area (Å²) in [5, 5.41) is 0. The minimum atomic E-state index is -3.31. The van der Waals surface area contributed by atoms with E-state index in [4.69, 9.17) is 9.47 Å². The standard InChI is InChI=1S/C23H28N2O5S/c1-29-22-11-3-2-7-19(22)16-24(17-21-10-5-13-30-21)23(26)18-8-4-9-20(15-18)25-12-6-14-31(25,27)28/h2-4,7-9,11,15,21H,5-6,10,12-14,16-17H2,1H3/t21-/m1/s1. The molecule has 0 N–H and O–H groups in total. The molecule has 2 fully saturated rings. The van der Waals surface area contributed by atoms with Crippen molar-refractivity contribution in [1.29, 1.82) is 0 Å². The highest BCUT2D eigenvalue weighted by molar-refractivity contribution is 7.93. The molecular weight excluding hydrogens is 416 g/mol. The Kier molecular flexibility index (Phi) is 6.48. The van der Waals surface area contributed by atoms with Crippen molar-refractivity contribution >= 4 is 21.6 Å². The van der Waals surface area contributed by atoms with E-state index in [0.29, 0.717) is 43.9 Å². The molecule has 0 radical (unpaired) electrons. The van der Waals surface area contributed by atoms with Crippen molar-refractivity contribution in [1.82, 2.24) is 4.90 Å². The number of para-hydroxylation sites is 1. The quantitative estimate of drug-likeness (QED) is 0.656. The average Bonchev–Trinajstić information content (AvgIpc) is 3.42. The number of hydrogen-bond donors (Lipinski definition) is 0. The maximum atomic E-state index is 13.5. The molecule has 4 rings (SSSR count). The van der Waals surface area contributed by atoms with Crippen LogP contribution in [0.25, 0.3) is 0 Å². The summed E-state index contributed by atoms with van der Waals surface area (Å²) in [6, 6.07) is 14.5. The fraction of sp³-hybridized carbons (Fsp3) is 0.435. The summed E-state index contributed by atoms with van der Waals surface area (Å²) in [7, 11) is -1.69. The summed E-state index contributed by atoms with van der Waals surface area (Å²) in [4.78, 5) is 15.3. The number of rotatable bonds is 7. The first-order valence-electron chi connectivity index (χ1n) is 10.6. The smallest absolute Gasteiger partial charge is 0.254 e. The number of carbonyl (C=O) groups excluding carboxylic acids is 1. The summed E-state index contributed by atoms with van der Waals surface area (Å²) in [6.07, 6.45) is 2.51. The Bertz CT molecular complexity index is 1030. The molecule has 1 atom stereocenters. The van der Waals surface area contributed by atoms with E-state index < -0.39 is 10.0 Å². The number of nitrogens with zero attached hydrogens (tertiary/aromatic N) is 2. The van der Waals surface area contributed by atoms with Crippen molar-refractivity contribution in [2.75, 3.05) is 36.9 Å². The number of carbonyl (C=O) groups is 1. The second-order valence-electron chi connectivity index (χ2n) is 7.92. The molecule has 2 aliphatic rings. The third kappa shape index (κ3) is 4.85. The van der Waals surface area contributed by atoms with E-state index in [1.54, 1.807) is 36.3 Å². The molecule has 7 nitrogen and oxygen atoms in total. The highest BCUT2D eigenvalue weighted by Crippen LogP contribution is 2.27. The summed E-state index contributed by atoms with van der Waals surface area (Å²) in [6.45, 7) is 2.02. The number of ether oxygens (including phenoxy) is 2. The number of amides is 1. The van der Waals surface area contributed by atoms with Gasteiger partial charge in [-0.3, -0.25) is 9.10 Å². The van der Waals surface area contributed by atoms with Crippen LogP contribution in [-0.4, -0.2) is 57.9 Å². The summed E-state index contributed by atoms with van der Waals surface area (Å²) >= 11 is 0. The van der Waals surface area contributed by atoms with Gasteiger partial charge in [-0.2, -0.15) is 0 Å². The van der Waals surface area contributed by atoms with Crippen LogP contribution in [0.3, 0.4) is 0 Å². The summed E-state index contributed by atoms with van der Waals surface area (Å²) < 4.78 is 37.3. The van der Waals surface area contributed by atoms with Crippen molar-refractivity contribution in [2.24, 2.45) is 0 Å². The van der Waals surface area contributed by atoms with Gasteiger partial charge in [0.05, 0.1) is 24.7 Å². The third-order valence-corrected chi connectivity index (χ3v) is 7.64. The lowest BCUT2D eigenvalue weighted by atomic mass is 10.1. The van der Waals surface area contributed by atoms with Gasteiger partial charge in [0.25, 0.3) is 5.91 Å². The first-order valence-corrected chi connectivity index (χ1v) is 12.2. The zero-order chi connectivity index (χ0) is 21.8. The minimum Gasteiger partial charge on any atom is -0.496 e. The van der Waals surface area contributed by atoms with E-state index in [-0.39, 0.29) is 17.8 Å². The van der Waals surface area contributed by atoms with Gasteiger partial charge in [0.1, 0.15) is 5.75 Å². The van der Waals surface area contributed by atoms with Crippen molar-refractivity contribution in [2.45, 2.75) is 31.9 Å². The Labute approximate surface area is 183 Å². The van der Waals surface area contributed by atoms with Gasteiger partial charge in [0.2, 0.25) is 10.0 Å². The van der Waals surface area contributed by atoms with Gasteiger partial charge in [-0.1, -0.05) is 24.3 Å². The van der Waals surface area contributed by atoms with E-state index in [2.05, 4.69) is 0 Å². The number of benzene rings is 2. The first-order chi connectivity index (χ1) is 15.0. The van der Waals surface area contributed by atoms with Crippen molar-refractivity contribution in [3.05, 3.63) is 59.7 Å². The fourth-order valence-electron chi connectivity index (χ4n) is 4.20. The van der Waals surface area contributed by atoms with Crippen LogP contribution in [0.5, 0.6) is 5.75 Å². The van der Waals surface area contributed by atoms with E-state index in [0.717, 1.165) is 24.2 Å². The molecule has 2 heterocycles. The highest BCUT2D eigenvalue weighted by atomic mass is 32.2. The molecule has 31 heavy (non-hydrogen) atoms. The average molecular weight is 445 g/mol.